The smallest absolute Gasteiger partial charge is 0.310 e. The van der Waals surface area contributed by atoms with Gasteiger partial charge in [-0.1, -0.05) is 25.4 Å². The Morgan fingerprint density at radius 3 is 2.38 bits per heavy atom. The average molecular weight is 381 g/mol. The summed E-state index contributed by atoms with van der Waals surface area (Å²) in [5, 5.41) is 11.9. The lowest BCUT2D eigenvalue weighted by Gasteiger charge is -2.26. The molecule has 0 aliphatic rings. The first kappa shape index (κ1) is 17.9. The summed E-state index contributed by atoms with van der Waals surface area (Å²) in [4.78, 5) is 23.5. The molecule has 0 saturated heterocycles. The Bertz CT molecular complexity index is 538. The highest BCUT2D eigenvalue weighted by atomic mass is 79.9. The van der Waals surface area contributed by atoms with Crippen LogP contribution in [-0.2, 0) is 9.59 Å². The van der Waals surface area contributed by atoms with Gasteiger partial charge in [0, 0.05) is 10.9 Å². The van der Waals surface area contributed by atoms with E-state index in [1.807, 2.05) is 0 Å². The standard InChI is InChI=1S/C14H16BrClFNO3/c1-3-14(4-2,13(20)21)7-11(19)18-12-9(15)5-8(17)6-10(12)16/h5-6H,3-4,7H2,1-2H3,(H,18,19)(H,20,21). The van der Waals surface area contributed by atoms with Crippen LogP contribution in [0.1, 0.15) is 33.1 Å². The van der Waals surface area contributed by atoms with Crippen molar-refractivity contribution >= 4 is 45.1 Å². The lowest BCUT2D eigenvalue weighted by Crippen LogP contribution is -2.34. The molecule has 0 aliphatic heterocycles. The minimum Gasteiger partial charge on any atom is -0.481 e. The number of carboxylic acid groups (broad SMARTS) is 1. The molecule has 4 nitrogen and oxygen atoms in total. The predicted octanol–water partition coefficient (Wildman–Crippen LogP) is 4.46. The molecule has 0 fully saturated rings. The Balaban J connectivity index is 2.95. The van der Waals surface area contributed by atoms with Crippen molar-refractivity contribution in [2.45, 2.75) is 33.1 Å². The number of nitrogens with one attached hydrogen (secondary N) is 1. The Hall–Kier alpha value is -1.14. The number of hydrogen-bond donors (Lipinski definition) is 2. The summed E-state index contributed by atoms with van der Waals surface area (Å²) in [5.41, 5.74) is -0.877. The van der Waals surface area contributed by atoms with Crippen LogP contribution in [0.2, 0.25) is 5.02 Å². The number of aliphatic carboxylic acids is 1. The number of carbonyl (C=O) groups excluding carboxylic acids is 1. The molecule has 0 spiro atoms. The molecule has 0 atom stereocenters. The Morgan fingerprint density at radius 2 is 1.95 bits per heavy atom. The molecule has 1 amide bonds. The SMILES string of the molecule is CCC(CC)(CC(=O)Nc1c(Cl)cc(F)cc1Br)C(=O)O. The number of amides is 1. The molecule has 21 heavy (non-hydrogen) atoms. The zero-order valence-electron chi connectivity index (χ0n) is 11.7. The van der Waals surface area contributed by atoms with Crippen molar-refractivity contribution in [2.24, 2.45) is 5.41 Å². The predicted molar refractivity (Wildman–Crippen MR) is 83.0 cm³/mol. The lowest BCUT2D eigenvalue weighted by molar-refractivity contribution is -0.151. The second kappa shape index (κ2) is 7.22. The first-order chi connectivity index (χ1) is 9.75. The van der Waals surface area contributed by atoms with E-state index in [0.29, 0.717) is 17.3 Å². The topological polar surface area (TPSA) is 66.4 Å². The van der Waals surface area contributed by atoms with Crippen molar-refractivity contribution in [1.29, 1.82) is 0 Å². The van der Waals surface area contributed by atoms with Gasteiger partial charge in [0.25, 0.3) is 0 Å². The van der Waals surface area contributed by atoms with E-state index in [-0.39, 0.29) is 17.1 Å². The number of rotatable bonds is 6. The van der Waals surface area contributed by atoms with Gasteiger partial charge in [-0.2, -0.15) is 0 Å². The molecule has 0 saturated carbocycles. The van der Waals surface area contributed by atoms with E-state index in [2.05, 4.69) is 21.2 Å². The van der Waals surface area contributed by atoms with Crippen LogP contribution in [0.3, 0.4) is 0 Å². The van der Waals surface area contributed by atoms with Crippen molar-refractivity contribution in [3.63, 3.8) is 0 Å². The van der Waals surface area contributed by atoms with Crippen molar-refractivity contribution in [3.8, 4) is 0 Å². The van der Waals surface area contributed by atoms with Gasteiger partial charge in [0.1, 0.15) is 5.82 Å². The van der Waals surface area contributed by atoms with E-state index in [1.165, 1.54) is 6.07 Å². The molecule has 1 aromatic rings. The molecular formula is C14H16BrClFNO3. The molecule has 1 aromatic carbocycles. The van der Waals surface area contributed by atoms with Gasteiger partial charge in [-0.3, -0.25) is 9.59 Å². The van der Waals surface area contributed by atoms with Crippen LogP contribution in [0, 0.1) is 11.2 Å². The lowest BCUT2D eigenvalue weighted by atomic mass is 9.79. The normalized spacial score (nSPS) is 11.3. The Kier molecular flexibility index (Phi) is 6.16. The van der Waals surface area contributed by atoms with Crippen LogP contribution >= 0.6 is 27.5 Å². The third-order valence-electron chi connectivity index (χ3n) is 3.58. The summed E-state index contributed by atoms with van der Waals surface area (Å²) in [5.74, 6) is -2.02. The van der Waals surface area contributed by atoms with Gasteiger partial charge >= 0.3 is 5.97 Å². The van der Waals surface area contributed by atoms with Crippen molar-refractivity contribution in [1.82, 2.24) is 0 Å². The van der Waals surface area contributed by atoms with Gasteiger partial charge in [0.15, 0.2) is 0 Å². The summed E-state index contributed by atoms with van der Waals surface area (Å²) in [7, 11) is 0. The summed E-state index contributed by atoms with van der Waals surface area (Å²) >= 11 is 8.99. The number of carboxylic acids is 1. The van der Waals surface area contributed by atoms with E-state index in [1.54, 1.807) is 13.8 Å². The third kappa shape index (κ3) is 4.17. The first-order valence-corrected chi connectivity index (χ1v) is 7.60. The van der Waals surface area contributed by atoms with Gasteiger partial charge in [0.2, 0.25) is 5.91 Å². The van der Waals surface area contributed by atoms with E-state index >= 15 is 0 Å². The average Bonchev–Trinajstić information content (AvgIpc) is 2.40. The van der Waals surface area contributed by atoms with Crippen molar-refractivity contribution < 1.29 is 19.1 Å². The highest BCUT2D eigenvalue weighted by molar-refractivity contribution is 9.10. The molecule has 0 heterocycles. The van der Waals surface area contributed by atoms with Crippen LogP contribution in [0.5, 0.6) is 0 Å². The number of halogens is 3. The van der Waals surface area contributed by atoms with Gasteiger partial charge < -0.3 is 10.4 Å². The fraction of sp³-hybridized carbons (Fsp3) is 0.429. The summed E-state index contributed by atoms with van der Waals surface area (Å²) < 4.78 is 13.4. The zero-order valence-corrected chi connectivity index (χ0v) is 14.0. The molecule has 1 rings (SSSR count). The molecule has 0 unspecified atom stereocenters. The molecule has 7 heteroatoms. The van der Waals surface area contributed by atoms with Gasteiger partial charge in [-0.05, 0) is 40.9 Å². The minimum atomic E-state index is -1.11. The van der Waals surface area contributed by atoms with Crippen LogP contribution in [0.4, 0.5) is 10.1 Å². The molecule has 2 N–H and O–H groups in total. The van der Waals surface area contributed by atoms with Crippen molar-refractivity contribution in [3.05, 3.63) is 27.4 Å². The Morgan fingerprint density at radius 1 is 1.38 bits per heavy atom. The van der Waals surface area contributed by atoms with E-state index < -0.39 is 23.1 Å². The van der Waals surface area contributed by atoms with E-state index in [0.717, 1.165) is 6.07 Å². The maximum Gasteiger partial charge on any atom is 0.310 e. The highest BCUT2D eigenvalue weighted by Crippen LogP contribution is 2.34. The summed E-state index contributed by atoms with van der Waals surface area (Å²) in [6.45, 7) is 3.46. The van der Waals surface area contributed by atoms with Gasteiger partial charge in [0.05, 0.1) is 16.1 Å². The quantitative estimate of drug-likeness (QED) is 0.765. The second-order valence-electron chi connectivity index (χ2n) is 4.76. The largest absolute Gasteiger partial charge is 0.481 e. The fourth-order valence-electron chi connectivity index (χ4n) is 2.03. The molecular weight excluding hydrogens is 365 g/mol. The van der Waals surface area contributed by atoms with Crippen molar-refractivity contribution in [2.75, 3.05) is 5.32 Å². The summed E-state index contributed by atoms with van der Waals surface area (Å²) in [6, 6.07) is 2.25. The second-order valence-corrected chi connectivity index (χ2v) is 6.02. The zero-order chi connectivity index (χ0) is 16.2. The monoisotopic (exact) mass is 379 g/mol. The maximum atomic E-state index is 13.1. The first-order valence-electron chi connectivity index (χ1n) is 6.43. The number of anilines is 1. The van der Waals surface area contributed by atoms with Crippen LogP contribution in [0.25, 0.3) is 0 Å². The van der Waals surface area contributed by atoms with Crippen LogP contribution in [-0.4, -0.2) is 17.0 Å². The fourth-order valence-corrected chi connectivity index (χ4v) is 2.93. The van der Waals surface area contributed by atoms with E-state index in [9.17, 15) is 19.1 Å². The number of benzene rings is 1. The third-order valence-corrected chi connectivity index (χ3v) is 4.50. The minimum absolute atomic E-state index is 0.0455. The molecule has 116 valence electrons. The molecule has 0 aromatic heterocycles. The van der Waals surface area contributed by atoms with Crippen LogP contribution in [0.15, 0.2) is 16.6 Å². The number of hydrogen-bond acceptors (Lipinski definition) is 2. The highest BCUT2D eigenvalue weighted by Gasteiger charge is 2.37. The van der Waals surface area contributed by atoms with E-state index in [4.69, 9.17) is 11.6 Å². The molecule has 0 bridgehead atoms. The maximum absolute atomic E-state index is 13.1. The van der Waals surface area contributed by atoms with Crippen LogP contribution < -0.4 is 5.32 Å². The Labute approximate surface area is 135 Å². The van der Waals surface area contributed by atoms with Gasteiger partial charge in [-0.25, -0.2) is 4.39 Å². The number of carbonyl (C=O) groups is 2. The van der Waals surface area contributed by atoms with Gasteiger partial charge in [-0.15, -0.1) is 0 Å². The summed E-state index contributed by atoms with van der Waals surface area (Å²) in [6.07, 6.45) is 0.505. The molecule has 0 aliphatic carbocycles. The molecule has 0 radical (unpaired) electrons.